The molecule has 2 N–H and O–H groups in total. The van der Waals surface area contributed by atoms with Crippen LogP contribution < -0.4 is 5.32 Å². The molecule has 1 heterocycles. The molecule has 0 aliphatic carbocycles. The van der Waals surface area contributed by atoms with Crippen LogP contribution in [-0.2, 0) is 14.4 Å². The molecule has 1 unspecified atom stereocenters. The highest BCUT2D eigenvalue weighted by Crippen LogP contribution is 2.23. The van der Waals surface area contributed by atoms with Crippen LogP contribution in [0, 0.1) is 11.8 Å². The molecule has 6 nitrogen and oxygen atoms in total. The number of rotatable bonds is 7. The Balaban J connectivity index is 2.69. The molecule has 0 bridgehead atoms. The summed E-state index contributed by atoms with van der Waals surface area (Å²) in [6, 6.07) is -0.745. The van der Waals surface area contributed by atoms with E-state index in [-0.39, 0.29) is 30.2 Å². The molecule has 0 radical (unpaired) electrons. The second-order valence-electron chi connectivity index (χ2n) is 5.99. The van der Waals surface area contributed by atoms with E-state index in [1.54, 1.807) is 18.7 Å². The van der Waals surface area contributed by atoms with Gasteiger partial charge in [-0.3, -0.25) is 9.59 Å². The minimum Gasteiger partial charge on any atom is -0.480 e. The molecule has 2 atom stereocenters. The van der Waals surface area contributed by atoms with Crippen molar-refractivity contribution in [2.45, 2.75) is 59.0 Å². The van der Waals surface area contributed by atoms with E-state index in [4.69, 9.17) is 5.11 Å². The Morgan fingerprint density at radius 1 is 1.33 bits per heavy atom. The lowest BCUT2D eigenvalue weighted by molar-refractivity contribution is -0.143. The van der Waals surface area contributed by atoms with E-state index in [9.17, 15) is 14.4 Å². The van der Waals surface area contributed by atoms with Gasteiger partial charge in [0.15, 0.2) is 0 Å². The standard InChI is InChI=1S/C15H26N2O4/c1-5-11(6-2)17-8-10(7-12(17)18)14(19)16-13(9(3)4)15(20)21/h9-11,13H,5-8H2,1-4H3,(H,16,19)(H,20,21)/t10?,13-/m0/s1. The zero-order valence-electron chi connectivity index (χ0n) is 13.3. The maximum atomic E-state index is 12.2. The Hall–Kier alpha value is -1.59. The largest absolute Gasteiger partial charge is 0.480 e. The third kappa shape index (κ3) is 4.19. The van der Waals surface area contributed by atoms with Gasteiger partial charge in [0.25, 0.3) is 0 Å². The van der Waals surface area contributed by atoms with E-state index in [1.165, 1.54) is 0 Å². The number of hydrogen-bond acceptors (Lipinski definition) is 3. The van der Waals surface area contributed by atoms with Crippen LogP contribution in [0.25, 0.3) is 0 Å². The van der Waals surface area contributed by atoms with Crippen molar-refractivity contribution in [1.82, 2.24) is 10.2 Å². The van der Waals surface area contributed by atoms with Crippen LogP contribution in [-0.4, -0.2) is 46.4 Å². The average molecular weight is 298 g/mol. The fraction of sp³-hybridized carbons (Fsp3) is 0.800. The van der Waals surface area contributed by atoms with Gasteiger partial charge in [-0.1, -0.05) is 27.7 Å². The monoisotopic (exact) mass is 298 g/mol. The molecule has 0 saturated carbocycles. The summed E-state index contributed by atoms with van der Waals surface area (Å²) < 4.78 is 0. The number of amides is 2. The van der Waals surface area contributed by atoms with Crippen LogP contribution in [0.1, 0.15) is 47.0 Å². The first-order chi connectivity index (χ1) is 9.81. The Morgan fingerprint density at radius 3 is 2.33 bits per heavy atom. The Bertz CT molecular complexity index is 404. The van der Waals surface area contributed by atoms with Gasteiger partial charge < -0.3 is 15.3 Å². The van der Waals surface area contributed by atoms with Gasteiger partial charge in [0.1, 0.15) is 6.04 Å². The molecule has 0 aromatic rings. The van der Waals surface area contributed by atoms with Crippen molar-refractivity contribution in [2.75, 3.05) is 6.54 Å². The summed E-state index contributed by atoms with van der Waals surface area (Å²) in [5.74, 6) is -2.03. The minimum absolute atomic E-state index is 0.0136. The van der Waals surface area contributed by atoms with Gasteiger partial charge in [-0.05, 0) is 18.8 Å². The van der Waals surface area contributed by atoms with Crippen molar-refractivity contribution in [3.63, 3.8) is 0 Å². The van der Waals surface area contributed by atoms with E-state index in [0.717, 1.165) is 12.8 Å². The van der Waals surface area contributed by atoms with Crippen LogP contribution in [0.4, 0.5) is 0 Å². The van der Waals surface area contributed by atoms with Gasteiger partial charge in [0.2, 0.25) is 11.8 Å². The van der Waals surface area contributed by atoms with Crippen LogP contribution in [0.5, 0.6) is 0 Å². The van der Waals surface area contributed by atoms with Crippen molar-refractivity contribution < 1.29 is 19.5 Å². The normalized spacial score (nSPS) is 20.2. The molecule has 120 valence electrons. The third-order valence-electron chi connectivity index (χ3n) is 4.14. The van der Waals surface area contributed by atoms with Gasteiger partial charge >= 0.3 is 5.97 Å². The van der Waals surface area contributed by atoms with E-state index < -0.39 is 17.9 Å². The molecule has 0 spiro atoms. The van der Waals surface area contributed by atoms with Crippen molar-refractivity contribution in [3.05, 3.63) is 0 Å². The molecule has 6 heteroatoms. The van der Waals surface area contributed by atoms with E-state index in [1.807, 2.05) is 13.8 Å². The third-order valence-corrected chi connectivity index (χ3v) is 4.14. The number of hydrogen-bond donors (Lipinski definition) is 2. The molecular formula is C15H26N2O4. The van der Waals surface area contributed by atoms with Gasteiger partial charge in [-0.15, -0.1) is 0 Å². The summed E-state index contributed by atoms with van der Waals surface area (Å²) >= 11 is 0. The first-order valence-electron chi connectivity index (χ1n) is 7.64. The number of carboxylic acids is 1. The minimum atomic E-state index is -1.04. The number of likely N-dealkylation sites (tertiary alicyclic amines) is 1. The summed E-state index contributed by atoms with van der Waals surface area (Å²) in [6.45, 7) is 7.92. The summed E-state index contributed by atoms with van der Waals surface area (Å²) in [4.78, 5) is 37.1. The van der Waals surface area contributed by atoms with Crippen LogP contribution >= 0.6 is 0 Å². The van der Waals surface area contributed by atoms with Crippen LogP contribution in [0.3, 0.4) is 0 Å². The lowest BCUT2D eigenvalue weighted by Crippen LogP contribution is -2.47. The number of nitrogens with zero attached hydrogens (tertiary/aromatic N) is 1. The first kappa shape index (κ1) is 17.5. The summed E-state index contributed by atoms with van der Waals surface area (Å²) in [7, 11) is 0. The highest BCUT2D eigenvalue weighted by atomic mass is 16.4. The molecule has 1 rings (SSSR count). The predicted molar refractivity (Wildman–Crippen MR) is 78.6 cm³/mol. The zero-order valence-corrected chi connectivity index (χ0v) is 13.3. The number of carboxylic acid groups (broad SMARTS) is 1. The summed E-state index contributed by atoms with van der Waals surface area (Å²) in [5.41, 5.74) is 0. The second kappa shape index (κ2) is 7.43. The molecule has 0 aromatic carbocycles. The van der Waals surface area contributed by atoms with Gasteiger partial charge in [-0.25, -0.2) is 4.79 Å². The summed E-state index contributed by atoms with van der Waals surface area (Å²) in [6.07, 6.45) is 1.90. The molecule has 1 aliphatic rings. The fourth-order valence-corrected chi connectivity index (χ4v) is 2.77. The molecule has 1 aliphatic heterocycles. The van der Waals surface area contributed by atoms with Crippen LogP contribution in [0.15, 0.2) is 0 Å². The quantitative estimate of drug-likeness (QED) is 0.740. The Labute approximate surface area is 125 Å². The number of carbonyl (C=O) groups is 3. The second-order valence-corrected chi connectivity index (χ2v) is 5.99. The average Bonchev–Trinajstić information content (AvgIpc) is 2.79. The van der Waals surface area contributed by atoms with Crippen molar-refractivity contribution in [1.29, 1.82) is 0 Å². The molecular weight excluding hydrogens is 272 g/mol. The lowest BCUT2D eigenvalue weighted by Gasteiger charge is -2.26. The van der Waals surface area contributed by atoms with E-state index in [0.29, 0.717) is 6.54 Å². The highest BCUT2D eigenvalue weighted by Gasteiger charge is 2.38. The van der Waals surface area contributed by atoms with E-state index >= 15 is 0 Å². The van der Waals surface area contributed by atoms with Crippen molar-refractivity contribution in [3.8, 4) is 0 Å². The smallest absolute Gasteiger partial charge is 0.326 e. The SMILES string of the molecule is CCC(CC)N1CC(C(=O)N[C@H](C(=O)O)C(C)C)CC1=O. The van der Waals surface area contributed by atoms with Gasteiger partial charge in [0.05, 0.1) is 5.92 Å². The molecule has 21 heavy (non-hydrogen) atoms. The predicted octanol–water partition coefficient (Wildman–Crippen LogP) is 1.25. The molecule has 2 amide bonds. The molecule has 0 aromatic heterocycles. The molecule has 1 fully saturated rings. The maximum Gasteiger partial charge on any atom is 0.326 e. The topological polar surface area (TPSA) is 86.7 Å². The Kier molecular flexibility index (Phi) is 6.18. The van der Waals surface area contributed by atoms with Gasteiger partial charge in [-0.2, -0.15) is 0 Å². The van der Waals surface area contributed by atoms with Crippen molar-refractivity contribution >= 4 is 17.8 Å². The number of nitrogens with one attached hydrogen (secondary N) is 1. The maximum absolute atomic E-state index is 12.2. The van der Waals surface area contributed by atoms with Crippen molar-refractivity contribution in [2.24, 2.45) is 11.8 Å². The molecule has 1 saturated heterocycles. The van der Waals surface area contributed by atoms with Gasteiger partial charge in [0, 0.05) is 19.0 Å². The number of aliphatic carboxylic acids is 1. The lowest BCUT2D eigenvalue weighted by atomic mass is 10.0. The fourth-order valence-electron chi connectivity index (χ4n) is 2.77. The van der Waals surface area contributed by atoms with E-state index in [2.05, 4.69) is 5.32 Å². The Morgan fingerprint density at radius 2 is 1.90 bits per heavy atom. The van der Waals surface area contributed by atoms with Crippen LogP contribution in [0.2, 0.25) is 0 Å². The highest BCUT2D eigenvalue weighted by molar-refractivity contribution is 5.91. The number of carbonyl (C=O) groups excluding carboxylic acids is 2. The first-order valence-corrected chi connectivity index (χ1v) is 7.64. The summed E-state index contributed by atoms with van der Waals surface area (Å²) in [5, 5.41) is 11.7. The zero-order chi connectivity index (χ0) is 16.2.